The Morgan fingerprint density at radius 1 is 1.00 bits per heavy atom. The average Bonchev–Trinajstić information content (AvgIpc) is 2.32. The minimum Gasteiger partial charge on any atom is -0.224 e. The fraction of sp³-hybridized carbons (Fsp3) is 0.0769. The Bertz CT molecular complexity index is 679. The Balaban J connectivity index is 2.43. The summed E-state index contributed by atoms with van der Waals surface area (Å²) in [6.07, 6.45) is 1.15. The molecule has 0 N–H and O–H groups in total. The molecule has 0 heterocycles. The zero-order chi connectivity index (χ0) is 13.3. The number of benzene rings is 2. The van der Waals surface area contributed by atoms with Crippen LogP contribution < -0.4 is 0 Å². The lowest BCUT2D eigenvalue weighted by Crippen LogP contribution is -1.96. The molecule has 2 aromatic rings. The number of hydrogen-bond donors (Lipinski definition) is 0. The van der Waals surface area contributed by atoms with Gasteiger partial charge in [-0.05, 0) is 35.4 Å². The van der Waals surface area contributed by atoms with Gasteiger partial charge in [0, 0.05) is 6.26 Å². The summed E-state index contributed by atoms with van der Waals surface area (Å²) in [7, 11) is -3.20. The van der Waals surface area contributed by atoms with Crippen molar-refractivity contribution in [1.29, 1.82) is 0 Å². The lowest BCUT2D eigenvalue weighted by molar-refractivity contribution is 0.602. The van der Waals surface area contributed by atoms with Crippen molar-refractivity contribution in [2.24, 2.45) is 0 Å². The third-order valence-electron chi connectivity index (χ3n) is 2.54. The van der Waals surface area contributed by atoms with Gasteiger partial charge in [-0.15, -0.1) is 0 Å². The summed E-state index contributed by atoms with van der Waals surface area (Å²) in [5.41, 5.74) is 1.52. The van der Waals surface area contributed by atoms with E-state index in [2.05, 4.69) is 0 Å². The molecule has 0 aromatic heterocycles. The number of rotatable bonds is 2. The highest BCUT2D eigenvalue weighted by molar-refractivity contribution is 7.90. The summed E-state index contributed by atoms with van der Waals surface area (Å²) in [5.74, 6) is -0.479. The van der Waals surface area contributed by atoms with E-state index in [9.17, 15) is 12.8 Å². The topological polar surface area (TPSA) is 34.1 Å². The van der Waals surface area contributed by atoms with Crippen LogP contribution in [0.15, 0.2) is 47.4 Å². The van der Waals surface area contributed by atoms with Crippen LogP contribution in [0.5, 0.6) is 0 Å². The zero-order valence-corrected chi connectivity index (χ0v) is 11.1. The first kappa shape index (κ1) is 13.1. The van der Waals surface area contributed by atoms with E-state index in [-0.39, 0.29) is 9.92 Å². The first-order valence-corrected chi connectivity index (χ1v) is 7.40. The van der Waals surface area contributed by atoms with Crippen LogP contribution in [-0.2, 0) is 9.84 Å². The second-order valence-electron chi connectivity index (χ2n) is 3.93. The van der Waals surface area contributed by atoms with Gasteiger partial charge in [-0.3, -0.25) is 0 Å². The molecule has 0 unspecified atom stereocenters. The van der Waals surface area contributed by atoms with E-state index in [1.54, 1.807) is 18.2 Å². The molecule has 0 radical (unpaired) electrons. The van der Waals surface area contributed by atoms with Gasteiger partial charge in [-0.1, -0.05) is 29.8 Å². The van der Waals surface area contributed by atoms with E-state index in [1.807, 2.05) is 0 Å². The van der Waals surface area contributed by atoms with Crippen molar-refractivity contribution in [2.45, 2.75) is 4.90 Å². The van der Waals surface area contributed by atoms with E-state index < -0.39 is 15.7 Å². The van der Waals surface area contributed by atoms with E-state index >= 15 is 0 Å². The van der Waals surface area contributed by atoms with E-state index in [1.165, 1.54) is 24.3 Å². The first-order valence-electron chi connectivity index (χ1n) is 5.13. The smallest absolute Gasteiger partial charge is 0.175 e. The van der Waals surface area contributed by atoms with Gasteiger partial charge in [0.05, 0.1) is 9.92 Å². The summed E-state index contributed by atoms with van der Waals surface area (Å²) in [4.78, 5) is 0.249. The average molecular weight is 285 g/mol. The number of halogens is 2. The summed E-state index contributed by atoms with van der Waals surface area (Å²) >= 11 is 5.70. The van der Waals surface area contributed by atoms with Crippen LogP contribution >= 0.6 is 11.6 Å². The Morgan fingerprint density at radius 2 is 1.56 bits per heavy atom. The van der Waals surface area contributed by atoms with Crippen LogP contribution in [0.25, 0.3) is 11.1 Å². The second-order valence-corrected chi connectivity index (χ2v) is 6.35. The molecule has 0 aliphatic heterocycles. The molecule has 18 heavy (non-hydrogen) atoms. The van der Waals surface area contributed by atoms with Crippen molar-refractivity contribution in [2.75, 3.05) is 6.26 Å². The Hall–Kier alpha value is -1.39. The highest BCUT2D eigenvalue weighted by Crippen LogP contribution is 2.25. The van der Waals surface area contributed by atoms with Gasteiger partial charge in [0.1, 0.15) is 5.82 Å². The van der Waals surface area contributed by atoms with Crippen LogP contribution in [0.3, 0.4) is 0 Å². The Kier molecular flexibility index (Phi) is 3.41. The van der Waals surface area contributed by atoms with Gasteiger partial charge in [-0.2, -0.15) is 0 Å². The van der Waals surface area contributed by atoms with Gasteiger partial charge in [0.2, 0.25) is 0 Å². The van der Waals surface area contributed by atoms with Crippen molar-refractivity contribution >= 4 is 21.4 Å². The standard InChI is InChI=1S/C13H10ClFO2S/c1-18(16,17)11-5-2-9(3-6-11)10-4-7-13(15)12(14)8-10/h2-8H,1H3. The third-order valence-corrected chi connectivity index (χ3v) is 3.95. The quantitative estimate of drug-likeness (QED) is 0.845. The van der Waals surface area contributed by atoms with Crippen molar-refractivity contribution in [3.63, 3.8) is 0 Å². The molecule has 2 nitrogen and oxygen atoms in total. The molecular formula is C13H10ClFO2S. The van der Waals surface area contributed by atoms with Gasteiger partial charge in [0.15, 0.2) is 9.84 Å². The lowest BCUT2D eigenvalue weighted by atomic mass is 10.1. The summed E-state index contributed by atoms with van der Waals surface area (Å²) < 4.78 is 35.6. The maximum Gasteiger partial charge on any atom is 0.175 e. The van der Waals surface area contributed by atoms with Crippen LogP contribution in [0.4, 0.5) is 4.39 Å². The fourth-order valence-corrected chi connectivity index (χ4v) is 2.38. The molecule has 0 amide bonds. The second kappa shape index (κ2) is 4.71. The first-order chi connectivity index (χ1) is 8.38. The molecule has 0 saturated heterocycles. The minimum absolute atomic E-state index is 0.0414. The monoisotopic (exact) mass is 284 g/mol. The van der Waals surface area contributed by atoms with Crippen LogP contribution in [0.2, 0.25) is 5.02 Å². The van der Waals surface area contributed by atoms with E-state index in [4.69, 9.17) is 11.6 Å². The summed E-state index contributed by atoms with van der Waals surface area (Å²) in [5, 5.41) is 0.0414. The number of hydrogen-bond acceptors (Lipinski definition) is 2. The van der Waals surface area contributed by atoms with Crippen molar-refractivity contribution in [3.8, 4) is 11.1 Å². The van der Waals surface area contributed by atoms with Gasteiger partial charge >= 0.3 is 0 Å². The SMILES string of the molecule is CS(=O)(=O)c1ccc(-c2ccc(F)c(Cl)c2)cc1. The zero-order valence-electron chi connectivity index (χ0n) is 9.52. The summed E-state index contributed by atoms with van der Waals surface area (Å²) in [6.45, 7) is 0. The molecule has 0 aliphatic rings. The molecule has 94 valence electrons. The van der Waals surface area contributed by atoms with Crippen LogP contribution in [0, 0.1) is 5.82 Å². The van der Waals surface area contributed by atoms with Gasteiger partial charge < -0.3 is 0 Å². The third kappa shape index (κ3) is 2.71. The number of sulfone groups is 1. The fourth-order valence-electron chi connectivity index (χ4n) is 1.57. The van der Waals surface area contributed by atoms with Crippen LogP contribution in [0.1, 0.15) is 0 Å². The Morgan fingerprint density at radius 3 is 2.06 bits per heavy atom. The molecule has 2 rings (SSSR count). The molecule has 0 fully saturated rings. The van der Waals surface area contributed by atoms with Crippen molar-refractivity contribution < 1.29 is 12.8 Å². The molecule has 0 atom stereocenters. The molecule has 0 saturated carbocycles. The molecular weight excluding hydrogens is 275 g/mol. The maximum absolute atomic E-state index is 13.0. The van der Waals surface area contributed by atoms with Crippen molar-refractivity contribution in [1.82, 2.24) is 0 Å². The predicted octanol–water partition coefficient (Wildman–Crippen LogP) is 3.55. The van der Waals surface area contributed by atoms with Crippen molar-refractivity contribution in [3.05, 3.63) is 53.3 Å². The molecule has 0 spiro atoms. The summed E-state index contributed by atoms with van der Waals surface area (Å²) in [6, 6.07) is 10.7. The maximum atomic E-state index is 13.0. The molecule has 0 bridgehead atoms. The lowest BCUT2D eigenvalue weighted by Gasteiger charge is -2.04. The molecule has 0 aliphatic carbocycles. The molecule has 2 aromatic carbocycles. The minimum atomic E-state index is -3.20. The Labute approximate surface area is 110 Å². The van der Waals surface area contributed by atoms with Crippen LogP contribution in [-0.4, -0.2) is 14.7 Å². The van der Waals surface area contributed by atoms with E-state index in [0.717, 1.165) is 17.4 Å². The molecule has 5 heteroatoms. The van der Waals surface area contributed by atoms with E-state index in [0.29, 0.717) is 0 Å². The predicted molar refractivity (Wildman–Crippen MR) is 70.0 cm³/mol. The van der Waals surface area contributed by atoms with Gasteiger partial charge in [-0.25, -0.2) is 12.8 Å². The highest BCUT2D eigenvalue weighted by atomic mass is 35.5. The highest BCUT2D eigenvalue weighted by Gasteiger charge is 2.07. The largest absolute Gasteiger partial charge is 0.224 e. The van der Waals surface area contributed by atoms with Gasteiger partial charge in [0.25, 0.3) is 0 Å². The normalized spacial score (nSPS) is 11.5.